The van der Waals surface area contributed by atoms with Gasteiger partial charge in [0.15, 0.2) is 5.82 Å². The number of amides is 5. The molecule has 4 rings (SSSR count). The summed E-state index contributed by atoms with van der Waals surface area (Å²) in [5.74, 6) is -1.43. The zero-order chi connectivity index (χ0) is 35.7. The number of hydrogen-bond donors (Lipinski definition) is 4. The lowest BCUT2D eigenvalue weighted by Crippen LogP contribution is -2.54. The smallest absolute Gasteiger partial charge is 0.257 e. The van der Waals surface area contributed by atoms with Gasteiger partial charge in [-0.15, -0.1) is 0 Å². The maximum atomic E-state index is 13.7. The lowest BCUT2D eigenvalue weighted by Gasteiger charge is -2.25. The molecule has 3 atom stereocenters. The van der Waals surface area contributed by atoms with Crippen LogP contribution in [-0.4, -0.2) is 90.7 Å². The van der Waals surface area contributed by atoms with Gasteiger partial charge >= 0.3 is 0 Å². The number of benzene rings is 1. The highest BCUT2D eigenvalue weighted by Gasteiger charge is 2.29. The topological polar surface area (TPSA) is 185 Å². The van der Waals surface area contributed by atoms with Gasteiger partial charge in [-0.05, 0) is 46.0 Å². The van der Waals surface area contributed by atoms with Crippen molar-refractivity contribution in [2.45, 2.75) is 92.0 Å². The average molecular weight is 677 g/mol. The SMILES string of the molecule is CCCn1cc(C(=O)N2CCCNC(=O)Cn3nc(-c4ccccc4)nc3[C@H](C)NC(=O)[C@@H](CC(C)C)NC(=O)[C@@H](C)NC(=O)C2)c(C)n1. The van der Waals surface area contributed by atoms with Crippen molar-refractivity contribution in [3.05, 3.63) is 53.6 Å². The number of rotatable bonds is 6. The molecule has 0 aliphatic carbocycles. The summed E-state index contributed by atoms with van der Waals surface area (Å²) in [7, 11) is 0. The Bertz CT molecular complexity index is 1630. The minimum Gasteiger partial charge on any atom is -0.354 e. The number of aryl methyl sites for hydroxylation is 2. The van der Waals surface area contributed by atoms with Crippen molar-refractivity contribution in [1.29, 1.82) is 0 Å². The summed E-state index contributed by atoms with van der Waals surface area (Å²) in [5.41, 5.74) is 1.66. The zero-order valence-electron chi connectivity index (χ0n) is 29.2. The van der Waals surface area contributed by atoms with Gasteiger partial charge in [0.2, 0.25) is 23.6 Å². The second-order valence-corrected chi connectivity index (χ2v) is 12.8. The molecule has 3 heterocycles. The molecule has 2 aromatic heterocycles. The molecule has 5 amide bonds. The van der Waals surface area contributed by atoms with Crippen LogP contribution in [0.25, 0.3) is 11.4 Å². The molecule has 3 aromatic rings. The molecular weight excluding hydrogens is 628 g/mol. The molecule has 1 aliphatic rings. The van der Waals surface area contributed by atoms with Crippen molar-refractivity contribution in [1.82, 2.24) is 50.7 Å². The Kier molecular flexibility index (Phi) is 12.6. The van der Waals surface area contributed by atoms with Crippen LogP contribution in [0, 0.1) is 12.8 Å². The van der Waals surface area contributed by atoms with Crippen LogP contribution < -0.4 is 21.3 Å². The molecular formula is C34H48N10O5. The highest BCUT2D eigenvalue weighted by atomic mass is 16.2. The fraction of sp³-hybridized carbons (Fsp3) is 0.529. The molecule has 15 heteroatoms. The second-order valence-electron chi connectivity index (χ2n) is 12.8. The largest absolute Gasteiger partial charge is 0.354 e. The van der Waals surface area contributed by atoms with E-state index in [0.717, 1.165) is 12.0 Å². The third-order valence-electron chi connectivity index (χ3n) is 8.06. The van der Waals surface area contributed by atoms with E-state index in [1.165, 1.54) is 16.5 Å². The van der Waals surface area contributed by atoms with E-state index >= 15 is 0 Å². The van der Waals surface area contributed by atoms with Crippen LogP contribution in [0.5, 0.6) is 0 Å². The van der Waals surface area contributed by atoms with Crippen molar-refractivity contribution in [2.24, 2.45) is 5.92 Å². The first-order chi connectivity index (χ1) is 23.4. The number of hydrogen-bond acceptors (Lipinski definition) is 8. The summed E-state index contributed by atoms with van der Waals surface area (Å²) >= 11 is 0. The van der Waals surface area contributed by atoms with Gasteiger partial charge in [-0.1, -0.05) is 51.1 Å². The molecule has 1 aromatic carbocycles. The van der Waals surface area contributed by atoms with Gasteiger partial charge in [0.05, 0.1) is 23.8 Å². The van der Waals surface area contributed by atoms with Gasteiger partial charge in [-0.3, -0.25) is 28.7 Å². The molecule has 1 aliphatic heterocycles. The van der Waals surface area contributed by atoms with Crippen molar-refractivity contribution in [3.8, 4) is 11.4 Å². The maximum Gasteiger partial charge on any atom is 0.257 e. The van der Waals surface area contributed by atoms with E-state index in [9.17, 15) is 24.0 Å². The molecule has 49 heavy (non-hydrogen) atoms. The summed E-state index contributed by atoms with van der Waals surface area (Å²) in [5, 5.41) is 20.3. The lowest BCUT2D eigenvalue weighted by molar-refractivity contribution is -0.132. The molecule has 0 radical (unpaired) electrons. The highest BCUT2D eigenvalue weighted by molar-refractivity contribution is 5.98. The van der Waals surface area contributed by atoms with Crippen molar-refractivity contribution >= 4 is 29.5 Å². The monoisotopic (exact) mass is 676 g/mol. The van der Waals surface area contributed by atoms with E-state index in [0.29, 0.717) is 42.3 Å². The molecule has 0 fully saturated rings. The molecule has 0 saturated heterocycles. The Balaban J connectivity index is 1.63. The van der Waals surface area contributed by atoms with Gasteiger partial charge in [0.1, 0.15) is 24.5 Å². The number of fused-ring (bicyclic) bond motifs is 1. The molecule has 0 saturated carbocycles. The van der Waals surface area contributed by atoms with E-state index in [1.54, 1.807) is 24.7 Å². The second kappa shape index (κ2) is 16.8. The van der Waals surface area contributed by atoms with Crippen LogP contribution in [0.2, 0.25) is 0 Å². The zero-order valence-corrected chi connectivity index (χ0v) is 29.2. The maximum absolute atomic E-state index is 13.7. The highest BCUT2D eigenvalue weighted by Crippen LogP contribution is 2.20. The Morgan fingerprint density at radius 1 is 0.939 bits per heavy atom. The first kappa shape index (κ1) is 36.8. The van der Waals surface area contributed by atoms with Crippen LogP contribution in [0.15, 0.2) is 36.5 Å². The lowest BCUT2D eigenvalue weighted by atomic mass is 10.0. The third-order valence-corrected chi connectivity index (χ3v) is 8.06. The summed E-state index contributed by atoms with van der Waals surface area (Å²) < 4.78 is 3.16. The molecule has 4 N–H and O–H groups in total. The van der Waals surface area contributed by atoms with Crippen LogP contribution in [-0.2, 0) is 32.3 Å². The Morgan fingerprint density at radius 2 is 1.67 bits per heavy atom. The summed E-state index contributed by atoms with van der Waals surface area (Å²) in [4.78, 5) is 73.0. The van der Waals surface area contributed by atoms with Crippen molar-refractivity contribution in [3.63, 3.8) is 0 Å². The predicted octanol–water partition coefficient (Wildman–Crippen LogP) is 1.74. The van der Waals surface area contributed by atoms with Gasteiger partial charge in [-0.2, -0.15) is 10.2 Å². The van der Waals surface area contributed by atoms with Gasteiger partial charge in [0, 0.05) is 31.4 Å². The number of carbonyl (C=O) groups excluding carboxylic acids is 5. The molecule has 15 nitrogen and oxygen atoms in total. The van der Waals surface area contributed by atoms with Crippen LogP contribution >= 0.6 is 0 Å². The van der Waals surface area contributed by atoms with Crippen molar-refractivity contribution in [2.75, 3.05) is 19.6 Å². The number of nitrogens with zero attached hydrogens (tertiary/aromatic N) is 6. The minimum absolute atomic E-state index is 0.0552. The molecule has 0 unspecified atom stereocenters. The standard InChI is InChI=1S/C34H48N10O5/c1-7-15-43-18-26(22(4)40-43)34(49)42-16-11-14-35-28(45)20-44-31(39-30(41-44)25-12-9-8-10-13-25)23(5)37-33(48)27(17-21(2)3)38-32(47)24(6)36-29(46)19-42/h8-10,12-13,18,21,23-24,27H,7,11,14-17,19-20H2,1-6H3,(H,35,45)(H,36,46)(H,37,48)(H,38,47)/t23-,24+,27+/m0/s1. The van der Waals surface area contributed by atoms with Crippen LogP contribution in [0.3, 0.4) is 0 Å². The Hall–Kier alpha value is -5.08. The predicted molar refractivity (Wildman–Crippen MR) is 182 cm³/mol. The molecule has 0 bridgehead atoms. The van der Waals surface area contributed by atoms with E-state index < -0.39 is 35.8 Å². The normalized spacial score (nSPS) is 20.3. The first-order valence-electron chi connectivity index (χ1n) is 16.9. The minimum atomic E-state index is -0.990. The Morgan fingerprint density at radius 3 is 2.37 bits per heavy atom. The van der Waals surface area contributed by atoms with Gasteiger partial charge in [0.25, 0.3) is 5.91 Å². The van der Waals surface area contributed by atoms with Gasteiger partial charge < -0.3 is 26.2 Å². The summed E-state index contributed by atoms with van der Waals surface area (Å²) in [6.07, 6.45) is 3.20. The summed E-state index contributed by atoms with van der Waals surface area (Å²) in [6, 6.07) is 6.74. The number of carbonyl (C=O) groups is 5. The van der Waals surface area contributed by atoms with Crippen molar-refractivity contribution < 1.29 is 24.0 Å². The first-order valence-corrected chi connectivity index (χ1v) is 16.9. The van der Waals surface area contributed by atoms with Crippen LogP contribution in [0.4, 0.5) is 0 Å². The Labute approximate surface area is 286 Å². The molecule has 0 spiro atoms. The molecule has 264 valence electrons. The number of nitrogens with one attached hydrogen (secondary N) is 4. The average Bonchev–Trinajstić information content (AvgIpc) is 3.64. The van der Waals surface area contributed by atoms with E-state index in [1.807, 2.05) is 51.1 Å². The van der Waals surface area contributed by atoms with Gasteiger partial charge in [-0.25, -0.2) is 9.67 Å². The summed E-state index contributed by atoms with van der Waals surface area (Å²) in [6.45, 7) is 11.4. The van der Waals surface area contributed by atoms with E-state index in [2.05, 4.69) is 36.4 Å². The fourth-order valence-electron chi connectivity index (χ4n) is 5.59. The third kappa shape index (κ3) is 9.97. The number of aromatic nitrogens is 5. The fourth-order valence-corrected chi connectivity index (χ4v) is 5.59. The van der Waals surface area contributed by atoms with E-state index in [-0.39, 0.29) is 43.9 Å². The van der Waals surface area contributed by atoms with E-state index in [4.69, 9.17) is 0 Å². The van der Waals surface area contributed by atoms with Crippen LogP contribution in [0.1, 0.15) is 81.8 Å². The quantitative estimate of drug-likeness (QED) is 0.304.